The quantitative estimate of drug-likeness (QED) is 0.521. The Bertz CT molecular complexity index is 1030. The predicted molar refractivity (Wildman–Crippen MR) is 110 cm³/mol. The van der Waals surface area contributed by atoms with Gasteiger partial charge in [0.25, 0.3) is 5.91 Å². The highest BCUT2D eigenvalue weighted by Gasteiger charge is 2.18. The Kier molecular flexibility index (Phi) is 6.83. The van der Waals surface area contributed by atoms with Gasteiger partial charge in [0.05, 0.1) is 31.2 Å². The van der Waals surface area contributed by atoms with E-state index < -0.39 is 17.7 Å². The van der Waals surface area contributed by atoms with E-state index in [0.717, 1.165) is 5.56 Å². The third-order valence-corrected chi connectivity index (χ3v) is 4.22. The summed E-state index contributed by atoms with van der Waals surface area (Å²) < 4.78 is 10.3. The highest BCUT2D eigenvalue weighted by atomic mass is 16.5. The maximum Gasteiger partial charge on any atom is 0.313 e. The fourth-order valence-electron chi connectivity index (χ4n) is 2.69. The molecular weight excluding hydrogens is 386 g/mol. The number of furan rings is 1. The molecular formula is C22H21N3O5. The van der Waals surface area contributed by atoms with Gasteiger partial charge in [0.2, 0.25) is 0 Å². The molecule has 3 N–H and O–H groups in total. The fourth-order valence-corrected chi connectivity index (χ4v) is 2.69. The van der Waals surface area contributed by atoms with Crippen LogP contribution in [0, 0.1) is 0 Å². The van der Waals surface area contributed by atoms with Gasteiger partial charge in [-0.1, -0.05) is 24.3 Å². The average Bonchev–Trinajstić information content (AvgIpc) is 3.30. The van der Waals surface area contributed by atoms with Gasteiger partial charge in [-0.25, -0.2) is 0 Å². The smallest absolute Gasteiger partial charge is 0.313 e. The van der Waals surface area contributed by atoms with Crippen molar-refractivity contribution in [2.75, 3.05) is 12.4 Å². The Morgan fingerprint density at radius 3 is 2.50 bits per heavy atom. The lowest BCUT2D eigenvalue weighted by molar-refractivity contribution is -0.136. The van der Waals surface area contributed by atoms with Crippen LogP contribution in [0.2, 0.25) is 0 Å². The molecule has 3 aromatic rings. The number of methoxy groups -OCH3 is 1. The second-order valence-electron chi connectivity index (χ2n) is 6.30. The molecule has 3 rings (SSSR count). The maximum atomic E-state index is 12.5. The minimum atomic E-state index is -0.871. The van der Waals surface area contributed by atoms with Crippen LogP contribution >= 0.6 is 0 Å². The van der Waals surface area contributed by atoms with Crippen LogP contribution in [-0.2, 0) is 22.7 Å². The Labute approximate surface area is 173 Å². The minimum Gasteiger partial charge on any atom is -0.497 e. The number of carbonyl (C=O) groups is 3. The molecule has 0 aliphatic carbocycles. The minimum absolute atomic E-state index is 0.161. The molecule has 0 atom stereocenters. The second kappa shape index (κ2) is 9.92. The van der Waals surface area contributed by atoms with Crippen molar-refractivity contribution in [3.8, 4) is 5.75 Å². The lowest BCUT2D eigenvalue weighted by Gasteiger charge is -2.11. The number of hydrogen-bond acceptors (Lipinski definition) is 5. The van der Waals surface area contributed by atoms with Gasteiger partial charge in [0.15, 0.2) is 0 Å². The summed E-state index contributed by atoms with van der Waals surface area (Å²) in [5, 5.41) is 7.73. The van der Waals surface area contributed by atoms with Crippen LogP contribution < -0.4 is 20.7 Å². The Hall–Kier alpha value is -4.07. The number of para-hydroxylation sites is 1. The molecule has 0 fully saturated rings. The van der Waals surface area contributed by atoms with Crippen molar-refractivity contribution < 1.29 is 23.5 Å². The molecule has 3 amide bonds. The lowest BCUT2D eigenvalue weighted by Crippen LogP contribution is -2.35. The topological polar surface area (TPSA) is 110 Å². The third-order valence-electron chi connectivity index (χ3n) is 4.22. The van der Waals surface area contributed by atoms with Crippen molar-refractivity contribution in [3.05, 3.63) is 83.8 Å². The van der Waals surface area contributed by atoms with Crippen LogP contribution in [0.4, 0.5) is 5.69 Å². The van der Waals surface area contributed by atoms with Crippen molar-refractivity contribution in [1.29, 1.82) is 0 Å². The molecule has 0 aliphatic heterocycles. The third kappa shape index (κ3) is 5.48. The predicted octanol–water partition coefficient (Wildman–Crippen LogP) is 2.47. The molecule has 30 heavy (non-hydrogen) atoms. The second-order valence-corrected chi connectivity index (χ2v) is 6.30. The number of nitrogens with one attached hydrogen (secondary N) is 3. The first-order chi connectivity index (χ1) is 14.6. The summed E-state index contributed by atoms with van der Waals surface area (Å²) >= 11 is 0. The van der Waals surface area contributed by atoms with Crippen LogP contribution in [0.15, 0.2) is 71.3 Å². The summed E-state index contributed by atoms with van der Waals surface area (Å²) in [7, 11) is 1.55. The normalized spacial score (nSPS) is 10.2. The SMILES string of the molecule is COc1cccc(CNC(=O)C(=O)Nc2ccccc2C(=O)NCc2ccco2)c1. The van der Waals surface area contributed by atoms with E-state index in [1.54, 1.807) is 67.8 Å². The van der Waals surface area contributed by atoms with Crippen molar-refractivity contribution in [3.63, 3.8) is 0 Å². The number of benzene rings is 2. The Morgan fingerprint density at radius 2 is 1.73 bits per heavy atom. The first-order valence-corrected chi connectivity index (χ1v) is 9.18. The number of hydrogen-bond donors (Lipinski definition) is 3. The molecule has 0 radical (unpaired) electrons. The largest absolute Gasteiger partial charge is 0.497 e. The van der Waals surface area contributed by atoms with E-state index in [1.807, 2.05) is 0 Å². The number of ether oxygens (including phenoxy) is 1. The van der Waals surface area contributed by atoms with Gasteiger partial charge in [0.1, 0.15) is 11.5 Å². The van der Waals surface area contributed by atoms with E-state index in [9.17, 15) is 14.4 Å². The van der Waals surface area contributed by atoms with Gasteiger partial charge in [0, 0.05) is 6.54 Å². The molecule has 0 saturated heterocycles. The van der Waals surface area contributed by atoms with Crippen molar-refractivity contribution in [2.24, 2.45) is 0 Å². The van der Waals surface area contributed by atoms with E-state index in [0.29, 0.717) is 11.5 Å². The molecule has 0 aliphatic rings. The summed E-state index contributed by atoms with van der Waals surface area (Å²) in [6.07, 6.45) is 1.51. The zero-order chi connectivity index (χ0) is 21.3. The van der Waals surface area contributed by atoms with Crippen LogP contribution in [0.5, 0.6) is 5.75 Å². The first-order valence-electron chi connectivity index (χ1n) is 9.18. The molecule has 0 bridgehead atoms. The van der Waals surface area contributed by atoms with E-state index in [2.05, 4.69) is 16.0 Å². The van der Waals surface area contributed by atoms with Crippen LogP contribution in [0.1, 0.15) is 21.7 Å². The van der Waals surface area contributed by atoms with E-state index in [4.69, 9.17) is 9.15 Å². The molecule has 1 heterocycles. The molecule has 0 unspecified atom stereocenters. The highest BCUT2D eigenvalue weighted by Crippen LogP contribution is 2.16. The summed E-state index contributed by atoms with van der Waals surface area (Å²) in [4.78, 5) is 36.9. The number of rotatable bonds is 7. The molecule has 0 saturated carbocycles. The van der Waals surface area contributed by atoms with Crippen LogP contribution in [0.3, 0.4) is 0 Å². The van der Waals surface area contributed by atoms with Gasteiger partial charge < -0.3 is 25.1 Å². The monoisotopic (exact) mass is 407 g/mol. The van der Waals surface area contributed by atoms with E-state index >= 15 is 0 Å². The summed E-state index contributed by atoms with van der Waals surface area (Å²) in [6, 6.07) is 17.0. The maximum absolute atomic E-state index is 12.5. The van der Waals surface area contributed by atoms with Gasteiger partial charge in [-0.15, -0.1) is 0 Å². The van der Waals surface area contributed by atoms with Gasteiger partial charge in [-0.3, -0.25) is 14.4 Å². The molecule has 8 nitrogen and oxygen atoms in total. The number of carbonyl (C=O) groups excluding carboxylic acids is 3. The average molecular weight is 407 g/mol. The van der Waals surface area contributed by atoms with Crippen LogP contribution in [0.25, 0.3) is 0 Å². The van der Waals surface area contributed by atoms with E-state index in [-0.39, 0.29) is 24.3 Å². The van der Waals surface area contributed by atoms with Gasteiger partial charge in [-0.2, -0.15) is 0 Å². The lowest BCUT2D eigenvalue weighted by atomic mass is 10.1. The van der Waals surface area contributed by atoms with Crippen LogP contribution in [-0.4, -0.2) is 24.8 Å². The zero-order valence-electron chi connectivity index (χ0n) is 16.3. The highest BCUT2D eigenvalue weighted by molar-refractivity contribution is 6.40. The van der Waals surface area contributed by atoms with E-state index in [1.165, 1.54) is 6.26 Å². The van der Waals surface area contributed by atoms with Gasteiger partial charge in [-0.05, 0) is 42.0 Å². The number of amides is 3. The standard InChI is InChI=1S/C22H21N3O5/c1-29-16-7-4-6-15(12-16)13-23-21(27)22(28)25-19-10-3-2-9-18(19)20(26)24-14-17-8-5-11-30-17/h2-12H,13-14H2,1H3,(H,23,27)(H,24,26)(H,25,28). The summed E-state index contributed by atoms with van der Waals surface area (Å²) in [6.45, 7) is 0.365. The zero-order valence-corrected chi connectivity index (χ0v) is 16.3. The molecule has 1 aromatic heterocycles. The molecule has 8 heteroatoms. The molecule has 0 spiro atoms. The Morgan fingerprint density at radius 1 is 0.900 bits per heavy atom. The van der Waals surface area contributed by atoms with Crippen molar-refractivity contribution in [2.45, 2.75) is 13.1 Å². The van der Waals surface area contributed by atoms with Crippen molar-refractivity contribution in [1.82, 2.24) is 10.6 Å². The molecule has 154 valence electrons. The first kappa shape index (κ1) is 20.7. The number of anilines is 1. The van der Waals surface area contributed by atoms with Crippen molar-refractivity contribution >= 4 is 23.4 Å². The van der Waals surface area contributed by atoms with Gasteiger partial charge >= 0.3 is 11.8 Å². The molecule has 2 aromatic carbocycles. The Balaban J connectivity index is 1.58. The fraction of sp³-hybridized carbons (Fsp3) is 0.136. The summed E-state index contributed by atoms with van der Waals surface area (Å²) in [5.74, 6) is -0.839. The summed E-state index contributed by atoms with van der Waals surface area (Å²) in [5.41, 5.74) is 1.25.